The zero-order valence-corrected chi connectivity index (χ0v) is 16.2. The van der Waals surface area contributed by atoms with Gasteiger partial charge in [0.05, 0.1) is 6.54 Å². The molecule has 0 bridgehead atoms. The SMILES string of the molecule is O=C(NCC1CC1)[C@@H]1Cn2ccnc2C2(CCN(CC3CCCC3)CC2)O1. The van der Waals surface area contributed by atoms with E-state index in [2.05, 4.69) is 19.8 Å². The maximum atomic E-state index is 12.7. The molecule has 5 rings (SSSR count). The lowest BCUT2D eigenvalue weighted by molar-refractivity contribution is -0.173. The van der Waals surface area contributed by atoms with Crippen LogP contribution in [0.15, 0.2) is 12.4 Å². The van der Waals surface area contributed by atoms with Gasteiger partial charge >= 0.3 is 0 Å². The monoisotopic (exact) mass is 372 g/mol. The second-order valence-corrected chi connectivity index (χ2v) is 9.14. The Morgan fingerprint density at radius 3 is 2.70 bits per heavy atom. The van der Waals surface area contributed by atoms with Crippen LogP contribution in [0.2, 0.25) is 0 Å². The number of nitrogens with zero attached hydrogens (tertiary/aromatic N) is 3. The summed E-state index contributed by atoms with van der Waals surface area (Å²) >= 11 is 0. The van der Waals surface area contributed by atoms with Crippen LogP contribution in [-0.4, -0.2) is 52.6 Å². The molecule has 1 spiro atoms. The zero-order chi connectivity index (χ0) is 18.3. The Kier molecular flexibility index (Phi) is 4.72. The van der Waals surface area contributed by atoms with E-state index in [9.17, 15) is 4.79 Å². The van der Waals surface area contributed by atoms with Gasteiger partial charge in [-0.15, -0.1) is 0 Å². The molecule has 1 N–H and O–H groups in total. The van der Waals surface area contributed by atoms with Crippen LogP contribution in [0.25, 0.3) is 0 Å². The number of fused-ring (bicyclic) bond motifs is 2. The highest BCUT2D eigenvalue weighted by molar-refractivity contribution is 5.81. The van der Waals surface area contributed by atoms with Crippen LogP contribution in [0.5, 0.6) is 0 Å². The van der Waals surface area contributed by atoms with Gasteiger partial charge in [-0.25, -0.2) is 4.98 Å². The first-order valence-corrected chi connectivity index (χ1v) is 10.9. The Bertz CT molecular complexity index is 669. The number of carbonyl (C=O) groups is 1. The molecule has 2 aliphatic heterocycles. The van der Waals surface area contributed by atoms with Gasteiger partial charge in [0.25, 0.3) is 5.91 Å². The number of rotatable bonds is 5. The average molecular weight is 373 g/mol. The molecule has 1 atom stereocenters. The molecule has 3 fully saturated rings. The third-order valence-corrected chi connectivity index (χ3v) is 7.06. The summed E-state index contributed by atoms with van der Waals surface area (Å²) in [6, 6.07) is 0. The minimum absolute atomic E-state index is 0.0500. The van der Waals surface area contributed by atoms with Gasteiger partial charge < -0.3 is 19.5 Å². The zero-order valence-electron chi connectivity index (χ0n) is 16.2. The third-order valence-electron chi connectivity index (χ3n) is 7.06. The van der Waals surface area contributed by atoms with Crippen molar-refractivity contribution in [2.75, 3.05) is 26.2 Å². The normalized spacial score (nSPS) is 28.4. The lowest BCUT2D eigenvalue weighted by Gasteiger charge is -2.46. The van der Waals surface area contributed by atoms with Gasteiger partial charge in [-0.1, -0.05) is 12.8 Å². The topological polar surface area (TPSA) is 59.4 Å². The van der Waals surface area contributed by atoms with E-state index in [1.54, 1.807) is 0 Å². The van der Waals surface area contributed by atoms with Crippen LogP contribution in [0.4, 0.5) is 0 Å². The molecule has 148 valence electrons. The fraction of sp³-hybridized carbons (Fsp3) is 0.810. The predicted octanol–water partition coefficient (Wildman–Crippen LogP) is 2.29. The van der Waals surface area contributed by atoms with Crippen molar-refractivity contribution in [3.63, 3.8) is 0 Å². The molecule has 1 saturated heterocycles. The van der Waals surface area contributed by atoms with Crippen molar-refractivity contribution in [3.8, 4) is 0 Å². The van der Waals surface area contributed by atoms with Crippen LogP contribution in [0, 0.1) is 11.8 Å². The minimum Gasteiger partial charge on any atom is -0.354 e. The van der Waals surface area contributed by atoms with Crippen molar-refractivity contribution in [3.05, 3.63) is 18.2 Å². The van der Waals surface area contributed by atoms with E-state index >= 15 is 0 Å². The summed E-state index contributed by atoms with van der Waals surface area (Å²) in [5.41, 5.74) is -0.393. The summed E-state index contributed by atoms with van der Waals surface area (Å²) in [7, 11) is 0. The van der Waals surface area contributed by atoms with E-state index in [0.717, 1.165) is 44.2 Å². The fourth-order valence-corrected chi connectivity index (χ4v) is 5.21. The van der Waals surface area contributed by atoms with Crippen molar-refractivity contribution in [1.29, 1.82) is 0 Å². The molecule has 0 radical (unpaired) electrons. The number of hydrogen-bond donors (Lipinski definition) is 1. The van der Waals surface area contributed by atoms with E-state index in [4.69, 9.17) is 4.74 Å². The quantitative estimate of drug-likeness (QED) is 0.862. The van der Waals surface area contributed by atoms with E-state index < -0.39 is 11.7 Å². The molecular weight excluding hydrogens is 340 g/mol. The number of amides is 1. The molecule has 4 aliphatic rings. The van der Waals surface area contributed by atoms with Crippen molar-refractivity contribution >= 4 is 5.91 Å². The van der Waals surface area contributed by atoms with Crippen LogP contribution in [0.1, 0.15) is 57.2 Å². The molecular formula is C21H32N4O2. The number of aromatic nitrogens is 2. The van der Waals surface area contributed by atoms with Crippen LogP contribution in [-0.2, 0) is 21.7 Å². The Morgan fingerprint density at radius 1 is 1.19 bits per heavy atom. The van der Waals surface area contributed by atoms with Crippen LogP contribution >= 0.6 is 0 Å². The van der Waals surface area contributed by atoms with Gasteiger partial charge in [-0.05, 0) is 50.4 Å². The van der Waals surface area contributed by atoms with Gasteiger partial charge in [0.15, 0.2) is 6.10 Å². The van der Waals surface area contributed by atoms with E-state index in [1.807, 2.05) is 12.4 Å². The highest BCUT2D eigenvalue weighted by atomic mass is 16.5. The van der Waals surface area contributed by atoms with Gasteiger partial charge in [0, 0.05) is 38.6 Å². The summed E-state index contributed by atoms with van der Waals surface area (Å²) in [4.78, 5) is 19.9. The highest BCUT2D eigenvalue weighted by Crippen LogP contribution is 2.40. The first-order valence-electron chi connectivity index (χ1n) is 10.9. The molecule has 1 aromatic heterocycles. The standard InChI is InChI=1S/C21H32N4O2/c26-19(23-13-16-5-6-16)18-15-25-12-9-22-20(25)21(27-18)7-10-24(11-8-21)14-17-3-1-2-4-17/h9,12,16-18H,1-8,10-11,13-15H2,(H,23,26)/t18-/m0/s1. The number of ether oxygens (including phenoxy) is 1. The maximum absolute atomic E-state index is 12.7. The number of carbonyl (C=O) groups excluding carboxylic acids is 1. The van der Waals surface area contributed by atoms with Crippen LogP contribution in [0.3, 0.4) is 0 Å². The van der Waals surface area contributed by atoms with E-state index in [0.29, 0.717) is 12.5 Å². The summed E-state index contributed by atoms with van der Waals surface area (Å²) in [5, 5.41) is 3.11. The molecule has 0 aromatic carbocycles. The first-order chi connectivity index (χ1) is 13.2. The minimum atomic E-state index is -0.396. The Hall–Kier alpha value is -1.40. The molecule has 1 aromatic rings. The maximum Gasteiger partial charge on any atom is 0.251 e. The fourth-order valence-electron chi connectivity index (χ4n) is 5.21. The second kappa shape index (κ2) is 7.21. The Morgan fingerprint density at radius 2 is 1.96 bits per heavy atom. The summed E-state index contributed by atoms with van der Waals surface area (Å²) in [5.74, 6) is 2.65. The van der Waals surface area contributed by atoms with Crippen molar-refractivity contribution < 1.29 is 9.53 Å². The molecule has 1 amide bonds. The lowest BCUT2D eigenvalue weighted by Crippen LogP contribution is -2.54. The number of likely N-dealkylation sites (tertiary alicyclic amines) is 1. The summed E-state index contributed by atoms with van der Waals surface area (Å²) in [6.07, 6.45) is 13.4. The van der Waals surface area contributed by atoms with E-state index in [1.165, 1.54) is 45.1 Å². The molecule has 0 unspecified atom stereocenters. The molecule has 6 nitrogen and oxygen atoms in total. The smallest absolute Gasteiger partial charge is 0.251 e. The van der Waals surface area contributed by atoms with Gasteiger partial charge in [-0.3, -0.25) is 4.79 Å². The van der Waals surface area contributed by atoms with Gasteiger partial charge in [-0.2, -0.15) is 0 Å². The number of imidazole rings is 1. The molecule has 27 heavy (non-hydrogen) atoms. The number of piperidine rings is 1. The largest absolute Gasteiger partial charge is 0.354 e. The number of nitrogens with one attached hydrogen (secondary N) is 1. The Labute approximate surface area is 161 Å². The van der Waals surface area contributed by atoms with Crippen molar-refractivity contribution in [2.24, 2.45) is 11.8 Å². The summed E-state index contributed by atoms with van der Waals surface area (Å²) < 4.78 is 8.66. The van der Waals surface area contributed by atoms with Gasteiger partial charge in [0.1, 0.15) is 11.4 Å². The Balaban J connectivity index is 1.25. The highest BCUT2D eigenvalue weighted by Gasteiger charge is 2.47. The molecule has 3 heterocycles. The number of hydrogen-bond acceptors (Lipinski definition) is 4. The third kappa shape index (κ3) is 3.66. The van der Waals surface area contributed by atoms with E-state index in [-0.39, 0.29) is 5.91 Å². The average Bonchev–Trinajstić information content (AvgIpc) is 3.14. The van der Waals surface area contributed by atoms with Gasteiger partial charge in [0.2, 0.25) is 0 Å². The molecule has 2 aliphatic carbocycles. The van der Waals surface area contributed by atoms with Crippen LogP contribution < -0.4 is 5.32 Å². The molecule has 2 saturated carbocycles. The van der Waals surface area contributed by atoms with Crippen molar-refractivity contribution in [1.82, 2.24) is 19.8 Å². The second-order valence-electron chi connectivity index (χ2n) is 9.14. The lowest BCUT2D eigenvalue weighted by atomic mass is 9.88. The predicted molar refractivity (Wildman–Crippen MR) is 102 cm³/mol. The van der Waals surface area contributed by atoms with Crippen molar-refractivity contribution in [2.45, 2.75) is 69.6 Å². The molecule has 6 heteroatoms. The first kappa shape index (κ1) is 17.7. The summed E-state index contributed by atoms with van der Waals surface area (Å²) in [6.45, 7) is 4.70.